The lowest BCUT2D eigenvalue weighted by Crippen LogP contribution is -2.11. The summed E-state index contributed by atoms with van der Waals surface area (Å²) in [5.74, 6) is 0. The van der Waals surface area contributed by atoms with Gasteiger partial charge in [-0.25, -0.2) is 0 Å². The van der Waals surface area contributed by atoms with E-state index in [4.69, 9.17) is 0 Å². The van der Waals surface area contributed by atoms with Crippen molar-refractivity contribution in [1.82, 2.24) is 0 Å². The van der Waals surface area contributed by atoms with Crippen LogP contribution in [0.5, 0.6) is 0 Å². The Morgan fingerprint density at radius 2 is 0.778 bits per heavy atom. The fourth-order valence-electron chi connectivity index (χ4n) is 7.84. The molecule has 1 heterocycles. The zero-order valence-corrected chi connectivity index (χ0v) is 30.4. The molecule has 0 atom stereocenters. The Bertz CT molecular complexity index is 2900. The van der Waals surface area contributed by atoms with Crippen molar-refractivity contribution in [2.45, 2.75) is 0 Å². The third kappa shape index (κ3) is 5.74. The van der Waals surface area contributed by atoms with Gasteiger partial charge in [-0.1, -0.05) is 176 Å². The number of para-hydroxylation sites is 1. The number of hydrogen-bond donors (Lipinski definition) is 0. The number of rotatable bonds is 7. The number of nitrogens with zero attached hydrogens (tertiary/aromatic N) is 1. The number of benzene rings is 9. The molecule has 1 aromatic heterocycles. The first kappa shape index (κ1) is 32.0. The van der Waals surface area contributed by atoms with Gasteiger partial charge in [-0.05, 0) is 86.1 Å². The van der Waals surface area contributed by atoms with E-state index in [1.165, 1.54) is 75.5 Å². The van der Waals surface area contributed by atoms with Crippen LogP contribution >= 0.6 is 11.3 Å². The van der Waals surface area contributed by atoms with Gasteiger partial charge in [0.1, 0.15) is 0 Å². The van der Waals surface area contributed by atoms with Gasteiger partial charge in [0, 0.05) is 37.1 Å². The van der Waals surface area contributed by atoms with Crippen LogP contribution in [0.3, 0.4) is 0 Å². The molecule has 0 bridgehead atoms. The quantitative estimate of drug-likeness (QED) is 0.160. The van der Waals surface area contributed by atoms with E-state index in [0.29, 0.717) is 0 Å². The van der Waals surface area contributed by atoms with E-state index in [1.807, 2.05) is 11.3 Å². The molecule has 0 aliphatic rings. The van der Waals surface area contributed by atoms with Crippen LogP contribution in [0.25, 0.3) is 75.5 Å². The second kappa shape index (κ2) is 13.7. The Morgan fingerprint density at radius 1 is 0.296 bits per heavy atom. The minimum absolute atomic E-state index is 1.10. The average Bonchev–Trinajstić information content (AvgIpc) is 3.64. The number of fused-ring (bicyclic) bond motifs is 4. The predicted molar refractivity (Wildman–Crippen MR) is 233 cm³/mol. The van der Waals surface area contributed by atoms with Crippen LogP contribution in [0.15, 0.2) is 212 Å². The molecule has 0 amide bonds. The zero-order chi connectivity index (χ0) is 35.8. The van der Waals surface area contributed by atoms with Crippen molar-refractivity contribution in [3.63, 3.8) is 0 Å². The largest absolute Gasteiger partial charge is 0.310 e. The van der Waals surface area contributed by atoms with Gasteiger partial charge < -0.3 is 4.90 Å². The first-order chi connectivity index (χ1) is 26.8. The molecule has 54 heavy (non-hydrogen) atoms. The Labute approximate surface area is 319 Å². The molecule has 0 N–H and O–H groups in total. The summed E-state index contributed by atoms with van der Waals surface area (Å²) in [6.07, 6.45) is 0. The van der Waals surface area contributed by atoms with E-state index in [-0.39, 0.29) is 0 Å². The summed E-state index contributed by atoms with van der Waals surface area (Å²) in [6, 6.07) is 77.0. The highest BCUT2D eigenvalue weighted by atomic mass is 32.1. The van der Waals surface area contributed by atoms with Gasteiger partial charge in [-0.15, -0.1) is 11.3 Å². The van der Waals surface area contributed by atoms with Crippen molar-refractivity contribution in [1.29, 1.82) is 0 Å². The minimum atomic E-state index is 1.10. The van der Waals surface area contributed by atoms with E-state index < -0.39 is 0 Å². The second-order valence-electron chi connectivity index (χ2n) is 13.7. The van der Waals surface area contributed by atoms with E-state index in [2.05, 4.69) is 217 Å². The van der Waals surface area contributed by atoms with Crippen molar-refractivity contribution in [3.05, 3.63) is 212 Å². The van der Waals surface area contributed by atoms with Crippen LogP contribution < -0.4 is 4.90 Å². The van der Waals surface area contributed by atoms with Gasteiger partial charge in [0.15, 0.2) is 0 Å². The molecule has 0 unspecified atom stereocenters. The third-order valence-corrected chi connectivity index (χ3v) is 11.7. The lowest BCUT2D eigenvalue weighted by molar-refractivity contribution is 1.28. The number of hydrogen-bond acceptors (Lipinski definition) is 2. The Morgan fingerprint density at radius 3 is 1.56 bits per heavy atom. The van der Waals surface area contributed by atoms with E-state index in [0.717, 1.165) is 17.1 Å². The second-order valence-corrected chi connectivity index (χ2v) is 14.7. The van der Waals surface area contributed by atoms with Gasteiger partial charge in [-0.2, -0.15) is 0 Å². The highest BCUT2D eigenvalue weighted by Gasteiger charge is 2.18. The molecule has 0 aliphatic carbocycles. The van der Waals surface area contributed by atoms with Crippen molar-refractivity contribution < 1.29 is 0 Å². The van der Waals surface area contributed by atoms with E-state index in [9.17, 15) is 0 Å². The predicted octanol–water partition coefficient (Wildman–Crippen LogP) is 15.3. The molecule has 0 fully saturated rings. The molecule has 10 rings (SSSR count). The normalized spacial score (nSPS) is 11.3. The maximum absolute atomic E-state index is 2.40. The molecule has 0 aliphatic heterocycles. The van der Waals surface area contributed by atoms with E-state index in [1.54, 1.807) is 0 Å². The van der Waals surface area contributed by atoms with Gasteiger partial charge in [0.2, 0.25) is 0 Å². The molecule has 0 saturated carbocycles. The summed E-state index contributed by atoms with van der Waals surface area (Å²) in [7, 11) is 0. The van der Waals surface area contributed by atoms with Crippen LogP contribution in [-0.4, -0.2) is 0 Å². The zero-order valence-electron chi connectivity index (χ0n) is 29.6. The van der Waals surface area contributed by atoms with Gasteiger partial charge in [0.25, 0.3) is 0 Å². The first-order valence-electron chi connectivity index (χ1n) is 18.4. The van der Waals surface area contributed by atoms with Crippen molar-refractivity contribution in [2.24, 2.45) is 0 Å². The lowest BCUT2D eigenvalue weighted by Gasteiger charge is -2.28. The smallest absolute Gasteiger partial charge is 0.0540 e. The van der Waals surface area contributed by atoms with Crippen LogP contribution in [-0.2, 0) is 0 Å². The number of thiophene rings is 1. The molecule has 0 spiro atoms. The molecule has 2 heteroatoms. The summed E-state index contributed by atoms with van der Waals surface area (Å²) in [5, 5.41) is 5.15. The summed E-state index contributed by atoms with van der Waals surface area (Å²) in [4.78, 5) is 2.40. The molecule has 10 aromatic rings. The van der Waals surface area contributed by atoms with Crippen LogP contribution in [0, 0.1) is 0 Å². The summed E-state index contributed by atoms with van der Waals surface area (Å²) in [6.45, 7) is 0. The topological polar surface area (TPSA) is 3.24 Å². The van der Waals surface area contributed by atoms with Crippen LogP contribution in [0.4, 0.5) is 17.1 Å². The molecule has 1 nitrogen and oxygen atoms in total. The molecule has 9 aromatic carbocycles. The average molecular weight is 706 g/mol. The lowest BCUT2D eigenvalue weighted by atomic mass is 9.97. The Kier molecular flexibility index (Phi) is 8.09. The van der Waals surface area contributed by atoms with Crippen LogP contribution in [0.1, 0.15) is 0 Å². The maximum atomic E-state index is 2.40. The molecular formula is C52H35NS. The fraction of sp³-hybridized carbons (Fsp3) is 0. The fourth-order valence-corrected chi connectivity index (χ4v) is 9.08. The molecule has 0 saturated heterocycles. The minimum Gasteiger partial charge on any atom is -0.310 e. The standard InChI is InChI=1S/C52H35NS/c1-2-12-36(13-3-1)37-24-26-40(27-25-37)46-17-6-8-22-50(46)53(42-32-28-39(29-33-42)45-19-10-15-38-14-4-5-16-44(38)45)43-34-30-41(31-35-43)47-20-11-21-49-48-18-7-9-23-51(48)54-52(47)49/h1-35H. The Balaban J connectivity index is 1.09. The molecule has 0 radical (unpaired) electrons. The molecular weight excluding hydrogens is 671 g/mol. The van der Waals surface area contributed by atoms with Crippen molar-refractivity contribution in [3.8, 4) is 44.5 Å². The SMILES string of the molecule is c1ccc(-c2ccc(-c3ccccc3N(c3ccc(-c4cccc5ccccc45)cc3)c3ccc(-c4cccc5c4sc4ccccc45)cc3)cc2)cc1. The highest BCUT2D eigenvalue weighted by molar-refractivity contribution is 7.26. The summed E-state index contributed by atoms with van der Waals surface area (Å²) in [5.41, 5.74) is 13.0. The van der Waals surface area contributed by atoms with Crippen molar-refractivity contribution in [2.75, 3.05) is 4.90 Å². The Hall–Kier alpha value is -6.74. The van der Waals surface area contributed by atoms with Crippen LogP contribution in [0.2, 0.25) is 0 Å². The van der Waals surface area contributed by atoms with Crippen molar-refractivity contribution >= 4 is 59.3 Å². The van der Waals surface area contributed by atoms with Gasteiger partial charge in [0.05, 0.1) is 5.69 Å². The van der Waals surface area contributed by atoms with E-state index >= 15 is 0 Å². The summed E-state index contributed by atoms with van der Waals surface area (Å²) < 4.78 is 2.65. The first-order valence-corrected chi connectivity index (χ1v) is 19.2. The number of anilines is 3. The highest BCUT2D eigenvalue weighted by Crippen LogP contribution is 2.44. The monoisotopic (exact) mass is 705 g/mol. The maximum Gasteiger partial charge on any atom is 0.0540 e. The van der Waals surface area contributed by atoms with Gasteiger partial charge in [-0.3, -0.25) is 0 Å². The van der Waals surface area contributed by atoms with Gasteiger partial charge >= 0.3 is 0 Å². The third-order valence-electron chi connectivity index (χ3n) is 10.5. The summed E-state index contributed by atoms with van der Waals surface area (Å²) >= 11 is 1.88. The molecule has 254 valence electrons.